The van der Waals surface area contributed by atoms with Crippen molar-refractivity contribution in [2.45, 2.75) is 6.54 Å². The Morgan fingerprint density at radius 1 is 1.26 bits per heavy atom. The first-order valence-corrected chi connectivity index (χ1v) is 6.13. The van der Waals surface area contributed by atoms with Crippen molar-refractivity contribution < 1.29 is 9.47 Å². The Bertz CT molecular complexity index is 593. The van der Waals surface area contributed by atoms with E-state index in [1.165, 1.54) is 13.3 Å². The number of ether oxygens (including phenoxy) is 2. The summed E-state index contributed by atoms with van der Waals surface area (Å²) in [6.07, 6.45) is 1.40. The van der Waals surface area contributed by atoms with Gasteiger partial charge in [-0.2, -0.15) is 4.98 Å². The molecule has 7 heteroatoms. The van der Waals surface area contributed by atoms with E-state index in [0.29, 0.717) is 16.3 Å². The number of halogens is 2. The molecule has 1 aromatic carbocycles. The Morgan fingerprint density at radius 2 is 2.05 bits per heavy atom. The molecule has 1 aromatic heterocycles. The van der Waals surface area contributed by atoms with Crippen LogP contribution < -0.4 is 15.2 Å². The molecule has 1 heterocycles. The number of aromatic nitrogens is 2. The highest BCUT2D eigenvalue weighted by atomic mass is 35.5. The predicted molar refractivity (Wildman–Crippen MR) is 73.0 cm³/mol. The van der Waals surface area contributed by atoms with Gasteiger partial charge < -0.3 is 15.2 Å². The van der Waals surface area contributed by atoms with Gasteiger partial charge in [0, 0.05) is 17.1 Å². The van der Waals surface area contributed by atoms with Crippen molar-refractivity contribution in [2.24, 2.45) is 5.73 Å². The fraction of sp³-hybridized carbons (Fsp3) is 0.167. The lowest BCUT2D eigenvalue weighted by Gasteiger charge is -2.11. The van der Waals surface area contributed by atoms with Crippen molar-refractivity contribution in [1.82, 2.24) is 9.97 Å². The van der Waals surface area contributed by atoms with Gasteiger partial charge in [-0.25, -0.2) is 4.98 Å². The molecule has 0 radical (unpaired) electrons. The average Bonchev–Trinajstić information content (AvgIpc) is 2.41. The van der Waals surface area contributed by atoms with Crippen molar-refractivity contribution in [3.8, 4) is 17.6 Å². The van der Waals surface area contributed by atoms with Gasteiger partial charge in [-0.15, -0.1) is 0 Å². The largest absolute Gasteiger partial charge is 0.467 e. The van der Waals surface area contributed by atoms with Crippen LogP contribution in [-0.4, -0.2) is 17.1 Å². The van der Waals surface area contributed by atoms with Crippen LogP contribution in [0.1, 0.15) is 5.56 Å². The van der Waals surface area contributed by atoms with Gasteiger partial charge in [-0.3, -0.25) is 0 Å². The van der Waals surface area contributed by atoms with E-state index in [1.807, 2.05) is 0 Å². The molecule has 0 saturated heterocycles. The predicted octanol–water partition coefficient (Wildman–Crippen LogP) is 3.04. The minimum absolute atomic E-state index is 0.163. The monoisotopic (exact) mass is 299 g/mol. The second kappa shape index (κ2) is 6.06. The van der Waals surface area contributed by atoms with E-state index < -0.39 is 0 Å². The highest BCUT2D eigenvalue weighted by molar-refractivity contribution is 6.32. The second-order valence-corrected chi connectivity index (χ2v) is 4.35. The third-order valence-electron chi connectivity index (χ3n) is 2.36. The van der Waals surface area contributed by atoms with Crippen LogP contribution in [0.4, 0.5) is 0 Å². The van der Waals surface area contributed by atoms with E-state index in [-0.39, 0.29) is 23.5 Å². The molecule has 0 unspecified atom stereocenters. The molecule has 5 nitrogen and oxygen atoms in total. The summed E-state index contributed by atoms with van der Waals surface area (Å²) in [5.41, 5.74) is 6.32. The molecular weight excluding hydrogens is 289 g/mol. The fourth-order valence-corrected chi connectivity index (χ4v) is 1.82. The van der Waals surface area contributed by atoms with Gasteiger partial charge in [0.15, 0.2) is 0 Å². The molecule has 0 saturated carbocycles. The van der Waals surface area contributed by atoms with E-state index in [9.17, 15) is 0 Å². The molecule has 0 aliphatic rings. The van der Waals surface area contributed by atoms with Crippen molar-refractivity contribution in [1.29, 1.82) is 0 Å². The number of nitrogens with two attached hydrogens (primary N) is 1. The number of methoxy groups -OCH3 is 1. The number of rotatable bonds is 4. The lowest BCUT2D eigenvalue weighted by molar-refractivity contribution is 0.366. The van der Waals surface area contributed by atoms with Crippen LogP contribution in [0.2, 0.25) is 10.0 Å². The summed E-state index contributed by atoms with van der Waals surface area (Å²) in [4.78, 5) is 7.88. The maximum Gasteiger partial charge on any atom is 0.319 e. The lowest BCUT2D eigenvalue weighted by Crippen LogP contribution is -2.02. The first kappa shape index (κ1) is 13.9. The van der Waals surface area contributed by atoms with E-state index in [4.69, 9.17) is 38.4 Å². The van der Waals surface area contributed by atoms with Crippen LogP contribution >= 0.6 is 23.2 Å². The lowest BCUT2D eigenvalue weighted by atomic mass is 10.2. The molecule has 0 amide bonds. The maximum atomic E-state index is 6.04. The fourth-order valence-electron chi connectivity index (χ4n) is 1.44. The SMILES string of the molecule is COc1ncc(Cl)c(Oc2cccc(Cl)c2CN)n1. The maximum absolute atomic E-state index is 6.04. The summed E-state index contributed by atoms with van der Waals surface area (Å²) in [7, 11) is 1.46. The highest BCUT2D eigenvalue weighted by Crippen LogP contribution is 2.32. The van der Waals surface area contributed by atoms with Gasteiger partial charge in [-0.1, -0.05) is 29.3 Å². The van der Waals surface area contributed by atoms with E-state index in [2.05, 4.69) is 9.97 Å². The average molecular weight is 300 g/mol. The normalized spacial score (nSPS) is 10.3. The minimum Gasteiger partial charge on any atom is -0.467 e. The van der Waals surface area contributed by atoms with Crippen LogP contribution in [-0.2, 0) is 6.54 Å². The molecule has 0 bridgehead atoms. The van der Waals surface area contributed by atoms with Crippen molar-refractivity contribution in [3.63, 3.8) is 0 Å². The molecule has 2 N–H and O–H groups in total. The Labute approximate surface area is 120 Å². The van der Waals surface area contributed by atoms with Crippen LogP contribution in [0.25, 0.3) is 0 Å². The topological polar surface area (TPSA) is 70.3 Å². The first-order valence-electron chi connectivity index (χ1n) is 5.37. The molecule has 0 spiro atoms. The van der Waals surface area contributed by atoms with Gasteiger partial charge >= 0.3 is 6.01 Å². The Kier molecular flexibility index (Phi) is 4.42. The van der Waals surface area contributed by atoms with Gasteiger partial charge in [0.1, 0.15) is 10.8 Å². The molecule has 19 heavy (non-hydrogen) atoms. The van der Waals surface area contributed by atoms with Crippen LogP contribution in [0.5, 0.6) is 17.6 Å². The number of nitrogens with zero attached hydrogens (tertiary/aromatic N) is 2. The van der Waals surface area contributed by atoms with Gasteiger partial charge in [0.25, 0.3) is 0 Å². The van der Waals surface area contributed by atoms with Crippen LogP contribution in [0, 0.1) is 0 Å². The summed E-state index contributed by atoms with van der Waals surface area (Å²) < 4.78 is 10.5. The summed E-state index contributed by atoms with van der Waals surface area (Å²) in [5, 5.41) is 0.792. The first-order chi connectivity index (χ1) is 9.15. The van der Waals surface area contributed by atoms with Gasteiger partial charge in [-0.05, 0) is 12.1 Å². The molecule has 2 aromatic rings. The highest BCUT2D eigenvalue weighted by Gasteiger charge is 2.12. The zero-order chi connectivity index (χ0) is 13.8. The second-order valence-electron chi connectivity index (χ2n) is 3.53. The number of hydrogen-bond donors (Lipinski definition) is 1. The quantitative estimate of drug-likeness (QED) is 0.939. The Morgan fingerprint density at radius 3 is 2.74 bits per heavy atom. The zero-order valence-electron chi connectivity index (χ0n) is 10.1. The third kappa shape index (κ3) is 3.07. The molecule has 0 atom stereocenters. The van der Waals surface area contributed by atoms with Crippen molar-refractivity contribution >= 4 is 23.2 Å². The number of benzene rings is 1. The van der Waals surface area contributed by atoms with Gasteiger partial charge in [0.2, 0.25) is 5.88 Å². The van der Waals surface area contributed by atoms with E-state index in [0.717, 1.165) is 0 Å². The van der Waals surface area contributed by atoms with Crippen LogP contribution in [0.3, 0.4) is 0 Å². The minimum atomic E-state index is 0.163. The van der Waals surface area contributed by atoms with E-state index in [1.54, 1.807) is 18.2 Å². The Hall–Kier alpha value is -1.56. The van der Waals surface area contributed by atoms with E-state index >= 15 is 0 Å². The van der Waals surface area contributed by atoms with Crippen molar-refractivity contribution in [2.75, 3.05) is 7.11 Å². The van der Waals surface area contributed by atoms with Crippen LogP contribution in [0.15, 0.2) is 24.4 Å². The van der Waals surface area contributed by atoms with Gasteiger partial charge in [0.05, 0.1) is 13.3 Å². The standard InChI is InChI=1S/C12H11Cl2N3O2/c1-18-12-16-6-9(14)11(17-12)19-10-4-2-3-8(13)7(10)5-15/h2-4,6H,5,15H2,1H3. The zero-order valence-corrected chi connectivity index (χ0v) is 11.6. The molecule has 2 rings (SSSR count). The summed E-state index contributed by atoms with van der Waals surface area (Å²) >= 11 is 12.0. The molecule has 0 aliphatic carbocycles. The number of hydrogen-bond acceptors (Lipinski definition) is 5. The molecular formula is C12H11Cl2N3O2. The molecule has 0 fully saturated rings. The summed E-state index contributed by atoms with van der Waals surface area (Å²) in [5.74, 6) is 0.683. The molecule has 100 valence electrons. The summed E-state index contributed by atoms with van der Waals surface area (Å²) in [6.45, 7) is 0.245. The van der Waals surface area contributed by atoms with Crippen molar-refractivity contribution in [3.05, 3.63) is 40.0 Å². The smallest absolute Gasteiger partial charge is 0.319 e. The summed E-state index contributed by atoms with van der Waals surface area (Å²) in [6, 6.07) is 5.39. The Balaban J connectivity index is 2.38. The molecule has 0 aliphatic heterocycles. The third-order valence-corrected chi connectivity index (χ3v) is 2.97.